The number of aliphatic hydroxyl groups excluding tert-OH is 1. The average molecular weight is 259 g/mol. The lowest BCUT2D eigenvalue weighted by molar-refractivity contribution is -0.164. The molecular weight excluding hydrogens is 238 g/mol. The Morgan fingerprint density at radius 3 is 2.56 bits per heavy atom. The Hall–Kier alpha value is -1.14. The fraction of sp³-hybridized carbons (Fsp3) is 0.833. The zero-order chi connectivity index (χ0) is 13.7. The van der Waals surface area contributed by atoms with Crippen molar-refractivity contribution in [1.82, 2.24) is 5.32 Å². The van der Waals surface area contributed by atoms with Crippen molar-refractivity contribution in [2.75, 3.05) is 13.2 Å². The van der Waals surface area contributed by atoms with E-state index in [1.807, 2.05) is 13.8 Å². The molecule has 0 aromatic heterocycles. The molecule has 0 aromatic carbocycles. The van der Waals surface area contributed by atoms with Gasteiger partial charge in [-0.2, -0.15) is 0 Å². The Morgan fingerprint density at radius 2 is 2.06 bits per heavy atom. The lowest BCUT2D eigenvalue weighted by Gasteiger charge is -2.44. The van der Waals surface area contributed by atoms with Crippen molar-refractivity contribution in [3.8, 4) is 0 Å². The molecular formula is C12H21NO5. The third-order valence-electron chi connectivity index (χ3n) is 3.61. The van der Waals surface area contributed by atoms with Crippen LogP contribution in [0.25, 0.3) is 0 Å². The third-order valence-corrected chi connectivity index (χ3v) is 3.61. The number of hydrogen-bond donors (Lipinski definition) is 2. The highest BCUT2D eigenvalue weighted by Crippen LogP contribution is 2.30. The fourth-order valence-electron chi connectivity index (χ4n) is 2.38. The van der Waals surface area contributed by atoms with Crippen LogP contribution < -0.4 is 5.32 Å². The predicted octanol–water partition coefficient (Wildman–Crippen LogP) is -0.304. The Balaban J connectivity index is 2.79. The van der Waals surface area contributed by atoms with E-state index in [9.17, 15) is 14.7 Å². The Kier molecular flexibility index (Phi) is 5.55. The summed E-state index contributed by atoms with van der Waals surface area (Å²) in [7, 11) is 0. The second kappa shape index (κ2) is 6.70. The van der Waals surface area contributed by atoms with E-state index in [2.05, 4.69) is 5.32 Å². The molecule has 1 aliphatic heterocycles. The summed E-state index contributed by atoms with van der Waals surface area (Å²) in [4.78, 5) is 21.5. The van der Waals surface area contributed by atoms with Crippen molar-refractivity contribution in [1.29, 1.82) is 0 Å². The van der Waals surface area contributed by atoms with Crippen LogP contribution in [0.5, 0.6) is 0 Å². The molecule has 6 nitrogen and oxygen atoms in total. The van der Waals surface area contributed by atoms with Crippen LogP contribution in [0.15, 0.2) is 0 Å². The molecule has 0 aromatic rings. The largest absolute Gasteiger partial charge is 0.465 e. The maximum absolute atomic E-state index is 11.2. The first kappa shape index (κ1) is 14.9. The normalized spacial score (nSPS) is 35.9. The van der Waals surface area contributed by atoms with Gasteiger partial charge in [0, 0.05) is 6.92 Å². The number of carbonyl (C=O) groups excluding carboxylic acids is 2. The summed E-state index contributed by atoms with van der Waals surface area (Å²) < 4.78 is 10.4. The van der Waals surface area contributed by atoms with Crippen molar-refractivity contribution >= 4 is 12.4 Å². The zero-order valence-corrected chi connectivity index (χ0v) is 11.0. The van der Waals surface area contributed by atoms with Crippen LogP contribution in [-0.2, 0) is 19.1 Å². The molecule has 2 N–H and O–H groups in total. The summed E-state index contributed by atoms with van der Waals surface area (Å²) in [6.07, 6.45) is -0.729. The van der Waals surface area contributed by atoms with Crippen LogP contribution in [0, 0.1) is 11.8 Å². The first-order chi connectivity index (χ1) is 8.51. The number of ether oxygens (including phenoxy) is 2. The molecule has 2 unspecified atom stereocenters. The second-order valence-electron chi connectivity index (χ2n) is 4.77. The summed E-state index contributed by atoms with van der Waals surface area (Å²) in [5.41, 5.74) is 0. The monoisotopic (exact) mass is 259 g/mol. The van der Waals surface area contributed by atoms with Gasteiger partial charge in [0.05, 0.1) is 18.8 Å². The molecule has 104 valence electrons. The summed E-state index contributed by atoms with van der Waals surface area (Å²) in [5.74, 6) is 0.0839. The van der Waals surface area contributed by atoms with E-state index in [1.165, 1.54) is 6.92 Å². The fourth-order valence-corrected chi connectivity index (χ4v) is 2.38. The third kappa shape index (κ3) is 3.43. The molecule has 1 aliphatic rings. The van der Waals surface area contributed by atoms with Crippen molar-refractivity contribution in [3.63, 3.8) is 0 Å². The summed E-state index contributed by atoms with van der Waals surface area (Å²) >= 11 is 0. The Labute approximate surface area is 107 Å². The standard InChI is InChI=1S/C12H21NO5/c1-7-8(2)12(13-9(3)16)11(5-17-6-15)18-10(7)4-14/h6-8,10-12,14H,4-5H2,1-3H3,(H,13,16)/t7-,8?,10-,11+,12?/m1/s1. The first-order valence-electron chi connectivity index (χ1n) is 6.10. The van der Waals surface area contributed by atoms with Crippen molar-refractivity contribution < 1.29 is 24.2 Å². The van der Waals surface area contributed by atoms with E-state index in [-0.39, 0.29) is 43.1 Å². The van der Waals surface area contributed by atoms with E-state index >= 15 is 0 Å². The predicted molar refractivity (Wildman–Crippen MR) is 63.7 cm³/mol. The van der Waals surface area contributed by atoms with Gasteiger partial charge in [-0.25, -0.2) is 0 Å². The van der Waals surface area contributed by atoms with E-state index in [0.29, 0.717) is 6.47 Å². The minimum Gasteiger partial charge on any atom is -0.465 e. The van der Waals surface area contributed by atoms with Gasteiger partial charge in [0.15, 0.2) is 0 Å². The number of hydrogen-bond acceptors (Lipinski definition) is 5. The molecule has 0 aliphatic carbocycles. The topological polar surface area (TPSA) is 84.9 Å². The van der Waals surface area contributed by atoms with Crippen molar-refractivity contribution in [2.24, 2.45) is 11.8 Å². The van der Waals surface area contributed by atoms with Crippen LogP contribution in [0.1, 0.15) is 20.8 Å². The minimum atomic E-state index is -0.428. The smallest absolute Gasteiger partial charge is 0.293 e. The quantitative estimate of drug-likeness (QED) is 0.662. The van der Waals surface area contributed by atoms with Crippen LogP contribution in [0.2, 0.25) is 0 Å². The lowest BCUT2D eigenvalue weighted by atomic mass is 9.80. The molecule has 0 radical (unpaired) electrons. The van der Waals surface area contributed by atoms with Gasteiger partial charge in [-0.1, -0.05) is 13.8 Å². The maximum atomic E-state index is 11.2. The maximum Gasteiger partial charge on any atom is 0.293 e. The Morgan fingerprint density at radius 1 is 1.39 bits per heavy atom. The summed E-state index contributed by atoms with van der Waals surface area (Å²) in [6.45, 7) is 5.73. The Bertz CT molecular complexity index is 296. The van der Waals surface area contributed by atoms with Crippen LogP contribution >= 0.6 is 0 Å². The molecule has 1 rings (SSSR count). The summed E-state index contributed by atoms with van der Waals surface area (Å²) in [6, 6.07) is -0.222. The highest BCUT2D eigenvalue weighted by atomic mass is 16.6. The lowest BCUT2D eigenvalue weighted by Crippen LogP contribution is -2.58. The molecule has 1 saturated heterocycles. The highest BCUT2D eigenvalue weighted by molar-refractivity contribution is 5.73. The van der Waals surface area contributed by atoms with E-state index in [0.717, 1.165) is 0 Å². The SMILES string of the molecule is CC(=O)NC1C(C)[C@@H](C)[C@@H](CO)O[C@H]1COC=O. The second-order valence-corrected chi connectivity index (χ2v) is 4.77. The average Bonchev–Trinajstić information content (AvgIpc) is 2.33. The van der Waals surface area contributed by atoms with Crippen LogP contribution in [0.4, 0.5) is 0 Å². The molecule has 1 fully saturated rings. The van der Waals surface area contributed by atoms with Gasteiger partial charge in [-0.05, 0) is 11.8 Å². The molecule has 1 heterocycles. The van der Waals surface area contributed by atoms with Gasteiger partial charge >= 0.3 is 0 Å². The van der Waals surface area contributed by atoms with Gasteiger partial charge in [-0.3, -0.25) is 9.59 Å². The van der Waals surface area contributed by atoms with E-state index in [4.69, 9.17) is 9.47 Å². The van der Waals surface area contributed by atoms with E-state index < -0.39 is 6.10 Å². The van der Waals surface area contributed by atoms with Gasteiger partial charge in [0.2, 0.25) is 5.91 Å². The molecule has 0 spiro atoms. The number of rotatable bonds is 5. The summed E-state index contributed by atoms with van der Waals surface area (Å²) in [5, 5.41) is 12.1. The van der Waals surface area contributed by atoms with E-state index in [1.54, 1.807) is 0 Å². The molecule has 0 bridgehead atoms. The van der Waals surface area contributed by atoms with Gasteiger partial charge < -0.3 is 19.9 Å². The molecule has 1 amide bonds. The number of nitrogens with one attached hydrogen (secondary N) is 1. The highest BCUT2D eigenvalue weighted by Gasteiger charge is 2.41. The van der Waals surface area contributed by atoms with Crippen molar-refractivity contribution in [2.45, 2.75) is 39.0 Å². The number of amides is 1. The molecule has 5 atom stereocenters. The van der Waals surface area contributed by atoms with Crippen LogP contribution in [-0.4, -0.2) is 48.9 Å². The minimum absolute atomic E-state index is 0.0714. The molecule has 18 heavy (non-hydrogen) atoms. The number of aliphatic hydroxyl groups is 1. The molecule has 6 heteroatoms. The molecule has 0 saturated carbocycles. The van der Waals surface area contributed by atoms with Gasteiger partial charge in [0.1, 0.15) is 12.7 Å². The number of carbonyl (C=O) groups is 2. The van der Waals surface area contributed by atoms with Crippen LogP contribution in [0.3, 0.4) is 0 Å². The zero-order valence-electron chi connectivity index (χ0n) is 11.0. The van der Waals surface area contributed by atoms with Crippen molar-refractivity contribution in [3.05, 3.63) is 0 Å². The van der Waals surface area contributed by atoms with Gasteiger partial charge in [-0.15, -0.1) is 0 Å². The first-order valence-corrected chi connectivity index (χ1v) is 6.10. The van der Waals surface area contributed by atoms with Gasteiger partial charge in [0.25, 0.3) is 6.47 Å².